The Morgan fingerprint density at radius 3 is 2.95 bits per heavy atom. The van der Waals surface area contributed by atoms with Gasteiger partial charge in [0.2, 0.25) is 0 Å². The molecule has 5 heteroatoms. The molecule has 19 heavy (non-hydrogen) atoms. The molecule has 0 amide bonds. The summed E-state index contributed by atoms with van der Waals surface area (Å²) in [6, 6.07) is 8.15. The van der Waals surface area contributed by atoms with E-state index in [1.54, 1.807) is 0 Å². The fourth-order valence-corrected chi connectivity index (χ4v) is 2.20. The van der Waals surface area contributed by atoms with E-state index in [-0.39, 0.29) is 18.8 Å². The van der Waals surface area contributed by atoms with Crippen LogP contribution in [0.15, 0.2) is 24.3 Å². The zero-order valence-electron chi connectivity index (χ0n) is 10.8. The van der Waals surface area contributed by atoms with Gasteiger partial charge < -0.3 is 15.2 Å². The number of nitrogens with one attached hydrogen (secondary N) is 1. The van der Waals surface area contributed by atoms with Gasteiger partial charge in [0.05, 0.1) is 13.0 Å². The van der Waals surface area contributed by atoms with E-state index in [1.165, 1.54) is 5.56 Å². The van der Waals surface area contributed by atoms with Crippen LogP contribution in [0.5, 0.6) is 5.75 Å². The second-order valence-electron chi connectivity index (χ2n) is 4.67. The van der Waals surface area contributed by atoms with E-state index >= 15 is 0 Å². The Morgan fingerprint density at radius 1 is 1.37 bits per heavy atom. The number of para-hydroxylation sites is 1. The lowest BCUT2D eigenvalue weighted by Crippen LogP contribution is -2.26. The van der Waals surface area contributed by atoms with E-state index < -0.39 is 5.97 Å². The van der Waals surface area contributed by atoms with E-state index in [9.17, 15) is 4.79 Å². The summed E-state index contributed by atoms with van der Waals surface area (Å²) in [5.74, 6) is 0.780. The summed E-state index contributed by atoms with van der Waals surface area (Å²) in [7, 11) is 0. The van der Waals surface area contributed by atoms with E-state index in [4.69, 9.17) is 9.84 Å². The summed E-state index contributed by atoms with van der Waals surface area (Å²) in [6.45, 7) is 2.15. The summed E-state index contributed by atoms with van der Waals surface area (Å²) in [6.07, 6.45) is 2.26. The minimum atomic E-state index is -0.752. The van der Waals surface area contributed by atoms with Gasteiger partial charge in [-0.15, -0.1) is 12.4 Å². The molecule has 106 valence electrons. The monoisotopic (exact) mass is 285 g/mol. The standard InChI is InChI=1S/C14H19NO3.ClH/c16-14(17)6-8-15-7-5-11-9-12-3-1-2-4-13(12)18-10-11;/h1-4,11,15H,5-10H2,(H,16,17);1H. The maximum atomic E-state index is 10.3. The Hall–Kier alpha value is -1.26. The molecule has 0 aromatic heterocycles. The molecule has 1 aliphatic rings. The summed E-state index contributed by atoms with van der Waals surface area (Å²) in [5, 5.41) is 11.7. The van der Waals surface area contributed by atoms with Crippen molar-refractivity contribution in [2.45, 2.75) is 19.3 Å². The summed E-state index contributed by atoms with van der Waals surface area (Å²) < 4.78 is 5.71. The lowest BCUT2D eigenvalue weighted by Gasteiger charge is -2.25. The second-order valence-corrected chi connectivity index (χ2v) is 4.67. The molecule has 1 unspecified atom stereocenters. The zero-order chi connectivity index (χ0) is 12.8. The van der Waals surface area contributed by atoms with Crippen LogP contribution in [-0.2, 0) is 11.2 Å². The molecule has 1 atom stereocenters. The average molecular weight is 286 g/mol. The first-order chi connectivity index (χ1) is 8.75. The number of hydrogen-bond acceptors (Lipinski definition) is 3. The number of carbonyl (C=O) groups is 1. The highest BCUT2D eigenvalue weighted by molar-refractivity contribution is 5.85. The largest absolute Gasteiger partial charge is 0.493 e. The number of benzene rings is 1. The van der Waals surface area contributed by atoms with Crippen LogP contribution in [0.1, 0.15) is 18.4 Å². The van der Waals surface area contributed by atoms with Gasteiger partial charge in [-0.1, -0.05) is 18.2 Å². The number of hydrogen-bond donors (Lipinski definition) is 2. The Balaban J connectivity index is 0.00000180. The number of halogens is 1. The van der Waals surface area contributed by atoms with Crippen LogP contribution in [0.2, 0.25) is 0 Å². The molecular weight excluding hydrogens is 266 g/mol. The Labute approximate surface area is 119 Å². The first-order valence-corrected chi connectivity index (χ1v) is 6.39. The number of carboxylic acid groups (broad SMARTS) is 1. The van der Waals surface area contributed by atoms with Crippen LogP contribution in [0.25, 0.3) is 0 Å². The molecular formula is C14H20ClNO3. The Morgan fingerprint density at radius 2 is 2.16 bits per heavy atom. The summed E-state index contributed by atoms with van der Waals surface area (Å²) in [5.41, 5.74) is 1.28. The average Bonchev–Trinajstić information content (AvgIpc) is 2.38. The highest BCUT2D eigenvalue weighted by Gasteiger charge is 2.18. The highest BCUT2D eigenvalue weighted by Crippen LogP contribution is 2.27. The molecule has 2 N–H and O–H groups in total. The van der Waals surface area contributed by atoms with Crippen LogP contribution in [-0.4, -0.2) is 30.8 Å². The quantitative estimate of drug-likeness (QED) is 0.786. The molecule has 0 spiro atoms. The van der Waals surface area contributed by atoms with Gasteiger partial charge in [-0.2, -0.15) is 0 Å². The molecule has 1 aromatic rings. The van der Waals surface area contributed by atoms with Crippen molar-refractivity contribution in [2.24, 2.45) is 5.92 Å². The van der Waals surface area contributed by atoms with Gasteiger partial charge in [0.25, 0.3) is 0 Å². The van der Waals surface area contributed by atoms with Crippen molar-refractivity contribution in [1.29, 1.82) is 0 Å². The molecule has 0 saturated heterocycles. The van der Waals surface area contributed by atoms with E-state index in [0.29, 0.717) is 12.5 Å². The van der Waals surface area contributed by atoms with Crippen LogP contribution >= 0.6 is 12.4 Å². The minimum absolute atomic E-state index is 0. The van der Waals surface area contributed by atoms with Crippen molar-refractivity contribution in [1.82, 2.24) is 5.32 Å². The van der Waals surface area contributed by atoms with Crippen molar-refractivity contribution < 1.29 is 14.6 Å². The van der Waals surface area contributed by atoms with E-state index in [0.717, 1.165) is 31.7 Å². The lowest BCUT2D eigenvalue weighted by molar-refractivity contribution is -0.136. The Bertz CT molecular complexity index is 411. The van der Waals surface area contributed by atoms with Gasteiger partial charge in [0.15, 0.2) is 0 Å². The number of carboxylic acids is 1. The lowest BCUT2D eigenvalue weighted by atomic mass is 9.94. The third kappa shape index (κ3) is 5.09. The fourth-order valence-electron chi connectivity index (χ4n) is 2.20. The van der Waals surface area contributed by atoms with Crippen LogP contribution in [0.4, 0.5) is 0 Å². The predicted octanol–water partition coefficient (Wildman–Crippen LogP) is 2.11. The van der Waals surface area contributed by atoms with Gasteiger partial charge >= 0.3 is 5.97 Å². The fraction of sp³-hybridized carbons (Fsp3) is 0.500. The van der Waals surface area contributed by atoms with Crippen molar-refractivity contribution in [3.63, 3.8) is 0 Å². The molecule has 2 rings (SSSR count). The van der Waals surface area contributed by atoms with Gasteiger partial charge in [-0.3, -0.25) is 4.79 Å². The minimum Gasteiger partial charge on any atom is -0.493 e. The van der Waals surface area contributed by atoms with Gasteiger partial charge in [-0.25, -0.2) is 0 Å². The molecule has 1 aromatic carbocycles. The van der Waals surface area contributed by atoms with Crippen molar-refractivity contribution >= 4 is 18.4 Å². The zero-order valence-corrected chi connectivity index (χ0v) is 11.6. The SMILES string of the molecule is Cl.O=C(O)CCNCCC1COc2ccccc2C1. The van der Waals surface area contributed by atoms with Gasteiger partial charge in [0.1, 0.15) is 5.75 Å². The summed E-state index contributed by atoms with van der Waals surface area (Å²) >= 11 is 0. The number of aliphatic carboxylic acids is 1. The van der Waals surface area contributed by atoms with E-state index in [2.05, 4.69) is 11.4 Å². The molecule has 0 fully saturated rings. The molecule has 0 aliphatic carbocycles. The van der Waals surface area contributed by atoms with Crippen molar-refractivity contribution in [3.8, 4) is 5.75 Å². The topological polar surface area (TPSA) is 58.6 Å². The molecule has 1 aliphatic heterocycles. The second kappa shape index (κ2) is 8.02. The molecule has 0 saturated carbocycles. The molecule has 0 radical (unpaired) electrons. The molecule has 1 heterocycles. The van der Waals surface area contributed by atoms with Gasteiger partial charge in [0, 0.05) is 6.54 Å². The summed E-state index contributed by atoms with van der Waals surface area (Å²) in [4.78, 5) is 10.3. The van der Waals surface area contributed by atoms with Crippen molar-refractivity contribution in [3.05, 3.63) is 29.8 Å². The predicted molar refractivity (Wildman–Crippen MR) is 76.1 cm³/mol. The van der Waals surface area contributed by atoms with Crippen LogP contribution < -0.4 is 10.1 Å². The van der Waals surface area contributed by atoms with Crippen molar-refractivity contribution in [2.75, 3.05) is 19.7 Å². The third-order valence-corrected chi connectivity index (χ3v) is 3.20. The van der Waals surface area contributed by atoms with Gasteiger partial charge in [-0.05, 0) is 36.9 Å². The first kappa shape index (κ1) is 15.8. The third-order valence-electron chi connectivity index (χ3n) is 3.20. The maximum Gasteiger partial charge on any atom is 0.304 e. The highest BCUT2D eigenvalue weighted by atomic mass is 35.5. The smallest absolute Gasteiger partial charge is 0.304 e. The molecule has 4 nitrogen and oxygen atoms in total. The number of rotatable bonds is 6. The first-order valence-electron chi connectivity index (χ1n) is 6.39. The normalized spacial score (nSPS) is 16.9. The maximum absolute atomic E-state index is 10.3. The van der Waals surface area contributed by atoms with Crippen LogP contribution in [0.3, 0.4) is 0 Å². The van der Waals surface area contributed by atoms with Crippen LogP contribution in [0, 0.1) is 5.92 Å². The Kier molecular flexibility index (Phi) is 6.67. The number of ether oxygens (including phenoxy) is 1. The van der Waals surface area contributed by atoms with E-state index in [1.807, 2.05) is 18.2 Å². The number of fused-ring (bicyclic) bond motifs is 1. The molecule has 0 bridgehead atoms.